The molecule has 2 unspecified atom stereocenters. The lowest BCUT2D eigenvalue weighted by molar-refractivity contribution is -0.146. The summed E-state index contributed by atoms with van der Waals surface area (Å²) in [4.78, 5) is 32.9. The van der Waals surface area contributed by atoms with Gasteiger partial charge >= 0.3 is 5.97 Å². The minimum absolute atomic E-state index is 0.103. The van der Waals surface area contributed by atoms with Crippen LogP contribution in [0.2, 0.25) is 0 Å². The Labute approximate surface area is 179 Å². The Kier molecular flexibility index (Phi) is 7.71. The lowest BCUT2D eigenvalue weighted by Crippen LogP contribution is -2.48. The smallest absolute Gasteiger partial charge is 0.310 e. The molecule has 2 saturated heterocycles. The summed E-state index contributed by atoms with van der Waals surface area (Å²) in [6.45, 7) is 5.16. The molecule has 3 rings (SSSR count). The molecule has 1 amide bonds. The van der Waals surface area contributed by atoms with E-state index < -0.39 is 0 Å². The van der Waals surface area contributed by atoms with E-state index in [1.165, 1.54) is 12.7 Å². The maximum atomic E-state index is 12.7. The number of methoxy groups -OCH3 is 1. The Morgan fingerprint density at radius 1 is 1.13 bits per heavy atom. The highest BCUT2D eigenvalue weighted by Gasteiger charge is 2.37. The highest BCUT2D eigenvalue weighted by atomic mass is 16.5. The van der Waals surface area contributed by atoms with Crippen molar-refractivity contribution in [2.75, 3.05) is 46.9 Å². The molecular formula is C23H34N4O3. The topological polar surface area (TPSA) is 74.2 Å². The summed E-state index contributed by atoms with van der Waals surface area (Å²) in [5.74, 6) is 1.25. The van der Waals surface area contributed by atoms with Crippen LogP contribution in [-0.4, -0.2) is 74.5 Å². The number of rotatable bonds is 5. The quantitative estimate of drug-likeness (QED) is 0.452. The van der Waals surface area contributed by atoms with Crippen molar-refractivity contribution in [2.24, 2.45) is 22.7 Å². The number of benzene rings is 1. The summed E-state index contributed by atoms with van der Waals surface area (Å²) < 4.78 is 4.90. The van der Waals surface area contributed by atoms with Gasteiger partial charge in [-0.2, -0.15) is 0 Å². The van der Waals surface area contributed by atoms with Crippen LogP contribution in [0, 0.1) is 17.8 Å². The summed E-state index contributed by atoms with van der Waals surface area (Å²) in [7, 11) is 3.13. The number of carbonyl (C=O) groups excluding carboxylic acids is 2. The molecule has 0 saturated carbocycles. The van der Waals surface area contributed by atoms with Crippen LogP contribution in [0.15, 0.2) is 35.3 Å². The van der Waals surface area contributed by atoms with Gasteiger partial charge in [0.05, 0.1) is 19.6 Å². The second kappa shape index (κ2) is 10.5. The molecule has 7 heteroatoms. The third-order valence-corrected chi connectivity index (χ3v) is 6.36. The minimum atomic E-state index is -0.185. The van der Waals surface area contributed by atoms with Crippen LogP contribution in [-0.2, 0) is 20.7 Å². The number of likely N-dealkylation sites (tertiary alicyclic amines) is 2. The van der Waals surface area contributed by atoms with Crippen molar-refractivity contribution in [3.05, 3.63) is 35.9 Å². The summed E-state index contributed by atoms with van der Waals surface area (Å²) >= 11 is 0. The number of nitrogens with one attached hydrogen (secondary N) is 1. The Hall–Kier alpha value is -2.57. The van der Waals surface area contributed by atoms with Crippen LogP contribution in [0.1, 0.15) is 25.3 Å². The van der Waals surface area contributed by atoms with Crippen LogP contribution in [0.3, 0.4) is 0 Å². The first kappa shape index (κ1) is 22.1. The average molecular weight is 415 g/mol. The van der Waals surface area contributed by atoms with Crippen LogP contribution in [0.4, 0.5) is 0 Å². The highest BCUT2D eigenvalue weighted by molar-refractivity contribution is 5.87. The lowest BCUT2D eigenvalue weighted by Gasteiger charge is -2.32. The molecule has 2 heterocycles. The number of amides is 1. The van der Waals surface area contributed by atoms with Gasteiger partial charge in [-0.15, -0.1) is 0 Å². The first-order valence-electron chi connectivity index (χ1n) is 10.9. The number of hydrogen-bond donors (Lipinski definition) is 1. The second-order valence-corrected chi connectivity index (χ2v) is 8.43. The van der Waals surface area contributed by atoms with Gasteiger partial charge in [-0.05, 0) is 36.7 Å². The Bertz CT molecular complexity index is 744. The van der Waals surface area contributed by atoms with E-state index in [-0.39, 0.29) is 30.3 Å². The van der Waals surface area contributed by atoms with Crippen LogP contribution in [0.5, 0.6) is 0 Å². The van der Waals surface area contributed by atoms with E-state index in [4.69, 9.17) is 4.74 Å². The molecule has 2 aliphatic heterocycles. The Morgan fingerprint density at radius 2 is 1.83 bits per heavy atom. The van der Waals surface area contributed by atoms with E-state index in [1.54, 1.807) is 7.05 Å². The number of piperidine rings is 1. The molecule has 2 fully saturated rings. The van der Waals surface area contributed by atoms with Gasteiger partial charge < -0.3 is 19.9 Å². The zero-order valence-corrected chi connectivity index (χ0v) is 18.3. The number of guanidine groups is 1. The predicted octanol–water partition coefficient (Wildman–Crippen LogP) is 1.78. The van der Waals surface area contributed by atoms with E-state index in [9.17, 15) is 9.59 Å². The van der Waals surface area contributed by atoms with Gasteiger partial charge in [-0.25, -0.2) is 0 Å². The fraction of sp³-hybridized carbons (Fsp3) is 0.609. The molecule has 1 N–H and O–H groups in total. The number of carbonyl (C=O) groups is 2. The van der Waals surface area contributed by atoms with Gasteiger partial charge in [0.2, 0.25) is 5.91 Å². The molecule has 0 aromatic heterocycles. The van der Waals surface area contributed by atoms with E-state index in [1.807, 2.05) is 22.8 Å². The molecule has 7 nitrogen and oxygen atoms in total. The minimum Gasteiger partial charge on any atom is -0.469 e. The summed E-state index contributed by atoms with van der Waals surface area (Å²) in [6, 6.07) is 10.6. The lowest BCUT2D eigenvalue weighted by atomic mass is 9.90. The molecule has 0 bridgehead atoms. The SMILES string of the molecule is CN=C(NCC(=O)N1CCC(Cc2ccccc2)CC1)N1CC(C)C(C(=O)OC)C1. The first-order valence-corrected chi connectivity index (χ1v) is 10.9. The van der Waals surface area contributed by atoms with Crippen molar-refractivity contribution in [2.45, 2.75) is 26.2 Å². The molecule has 0 aliphatic carbocycles. The van der Waals surface area contributed by atoms with Gasteiger partial charge in [0.15, 0.2) is 5.96 Å². The monoisotopic (exact) mass is 414 g/mol. The van der Waals surface area contributed by atoms with Crippen molar-refractivity contribution in [3.63, 3.8) is 0 Å². The molecule has 1 aromatic carbocycles. The van der Waals surface area contributed by atoms with Gasteiger partial charge in [0.25, 0.3) is 0 Å². The van der Waals surface area contributed by atoms with Crippen molar-refractivity contribution in [3.8, 4) is 0 Å². The van der Waals surface area contributed by atoms with Gasteiger partial charge in [-0.3, -0.25) is 14.6 Å². The van der Waals surface area contributed by atoms with E-state index >= 15 is 0 Å². The zero-order chi connectivity index (χ0) is 21.5. The molecular weight excluding hydrogens is 380 g/mol. The maximum absolute atomic E-state index is 12.7. The summed E-state index contributed by atoms with van der Waals surface area (Å²) in [5, 5.41) is 3.19. The molecule has 2 atom stereocenters. The molecule has 164 valence electrons. The van der Waals surface area contributed by atoms with E-state index in [2.05, 4.69) is 34.6 Å². The third-order valence-electron chi connectivity index (χ3n) is 6.36. The first-order chi connectivity index (χ1) is 14.5. The number of ether oxygens (including phenoxy) is 1. The summed E-state index contributed by atoms with van der Waals surface area (Å²) in [6.07, 6.45) is 3.17. The Morgan fingerprint density at radius 3 is 2.47 bits per heavy atom. The van der Waals surface area contributed by atoms with Crippen LogP contribution in [0.25, 0.3) is 0 Å². The fourth-order valence-electron chi connectivity index (χ4n) is 4.53. The van der Waals surface area contributed by atoms with E-state index in [0.717, 1.165) is 38.9 Å². The molecule has 1 aromatic rings. The number of esters is 1. The standard InChI is InChI=1S/C23H34N4O3/c1-17-15-27(16-20(17)22(29)30-3)23(24-2)25-14-21(28)26-11-9-19(10-12-26)13-18-7-5-4-6-8-18/h4-8,17,19-20H,9-16H2,1-3H3,(H,24,25). The van der Waals surface area contributed by atoms with Gasteiger partial charge in [0, 0.05) is 33.2 Å². The van der Waals surface area contributed by atoms with Gasteiger partial charge in [0.1, 0.15) is 0 Å². The van der Waals surface area contributed by atoms with Gasteiger partial charge in [-0.1, -0.05) is 37.3 Å². The highest BCUT2D eigenvalue weighted by Crippen LogP contribution is 2.24. The fourth-order valence-corrected chi connectivity index (χ4v) is 4.53. The Balaban J connectivity index is 1.43. The number of aliphatic imine (C=N–C) groups is 1. The molecule has 0 radical (unpaired) electrons. The maximum Gasteiger partial charge on any atom is 0.310 e. The van der Waals surface area contributed by atoms with Crippen LogP contribution < -0.4 is 5.32 Å². The molecule has 0 spiro atoms. The third kappa shape index (κ3) is 5.52. The normalized spacial score (nSPS) is 22.8. The number of nitrogens with zero attached hydrogens (tertiary/aromatic N) is 3. The van der Waals surface area contributed by atoms with Crippen molar-refractivity contribution < 1.29 is 14.3 Å². The average Bonchev–Trinajstić information content (AvgIpc) is 3.16. The second-order valence-electron chi connectivity index (χ2n) is 8.43. The largest absolute Gasteiger partial charge is 0.469 e. The molecule has 2 aliphatic rings. The van der Waals surface area contributed by atoms with Crippen molar-refractivity contribution >= 4 is 17.8 Å². The van der Waals surface area contributed by atoms with Crippen LogP contribution >= 0.6 is 0 Å². The predicted molar refractivity (Wildman–Crippen MR) is 117 cm³/mol. The van der Waals surface area contributed by atoms with E-state index in [0.29, 0.717) is 18.4 Å². The number of hydrogen-bond acceptors (Lipinski definition) is 4. The van der Waals surface area contributed by atoms with Crippen molar-refractivity contribution in [1.29, 1.82) is 0 Å². The summed E-state index contributed by atoms with van der Waals surface area (Å²) in [5.41, 5.74) is 1.37. The zero-order valence-electron chi connectivity index (χ0n) is 18.3. The van der Waals surface area contributed by atoms with Crippen molar-refractivity contribution in [1.82, 2.24) is 15.1 Å². The molecule has 30 heavy (non-hydrogen) atoms.